The van der Waals surface area contributed by atoms with Crippen molar-refractivity contribution >= 4 is 17.7 Å². The molecule has 0 saturated carbocycles. The molecule has 0 aromatic heterocycles. The second kappa shape index (κ2) is 6.34. The zero-order chi connectivity index (χ0) is 12.8. The van der Waals surface area contributed by atoms with Gasteiger partial charge in [0.15, 0.2) is 0 Å². The minimum absolute atomic E-state index is 0.0309. The van der Waals surface area contributed by atoms with E-state index >= 15 is 0 Å². The van der Waals surface area contributed by atoms with Crippen LogP contribution in [0.2, 0.25) is 0 Å². The summed E-state index contributed by atoms with van der Waals surface area (Å²) in [5, 5.41) is 5.21. The number of rotatable bonds is 5. The van der Waals surface area contributed by atoms with Gasteiger partial charge in [-0.2, -0.15) is 0 Å². The first-order valence-electron chi connectivity index (χ1n) is 5.94. The van der Waals surface area contributed by atoms with Gasteiger partial charge in [-0.3, -0.25) is 19.7 Å². The summed E-state index contributed by atoms with van der Waals surface area (Å²) in [6.07, 6.45) is 1.45. The molecule has 1 aliphatic heterocycles. The van der Waals surface area contributed by atoms with Gasteiger partial charge < -0.3 is 10.2 Å². The molecule has 0 spiro atoms. The Labute approximate surface area is 101 Å². The molecule has 1 saturated heterocycles. The van der Waals surface area contributed by atoms with Gasteiger partial charge in [-0.1, -0.05) is 13.8 Å². The number of carbonyl (C=O) groups is 3. The van der Waals surface area contributed by atoms with E-state index in [9.17, 15) is 14.4 Å². The third-order valence-electron chi connectivity index (χ3n) is 2.67. The van der Waals surface area contributed by atoms with Gasteiger partial charge >= 0.3 is 0 Å². The monoisotopic (exact) mass is 241 g/mol. The molecule has 2 N–H and O–H groups in total. The smallest absolute Gasteiger partial charge is 0.249 e. The van der Waals surface area contributed by atoms with Gasteiger partial charge in [-0.05, 0) is 19.4 Å². The summed E-state index contributed by atoms with van der Waals surface area (Å²) in [6.45, 7) is 4.71. The summed E-state index contributed by atoms with van der Waals surface area (Å²) in [4.78, 5) is 36.0. The quantitative estimate of drug-likeness (QED) is 0.490. The normalized spacial score (nSPS) is 20.4. The van der Waals surface area contributed by atoms with Gasteiger partial charge in [-0.25, -0.2) is 0 Å². The van der Waals surface area contributed by atoms with Gasteiger partial charge in [0.25, 0.3) is 0 Å². The number of nitrogens with zero attached hydrogens (tertiary/aromatic N) is 1. The van der Waals surface area contributed by atoms with Crippen molar-refractivity contribution in [2.45, 2.75) is 32.7 Å². The minimum atomic E-state index is -0.524. The van der Waals surface area contributed by atoms with Crippen LogP contribution in [0.1, 0.15) is 26.7 Å². The molecule has 0 aromatic carbocycles. The molecule has 1 heterocycles. The van der Waals surface area contributed by atoms with Crippen LogP contribution in [0.5, 0.6) is 0 Å². The number of hydrogen-bond acceptors (Lipinski definition) is 4. The highest BCUT2D eigenvalue weighted by molar-refractivity contribution is 6.04. The SMILES string of the molecule is CCCNCC(=O)N1CC(=O)NC(=O)C1CC. The fraction of sp³-hybridized carbons (Fsp3) is 0.727. The summed E-state index contributed by atoms with van der Waals surface area (Å²) >= 11 is 0. The highest BCUT2D eigenvalue weighted by Crippen LogP contribution is 2.08. The molecule has 1 atom stereocenters. The van der Waals surface area contributed by atoms with Gasteiger partial charge in [0, 0.05) is 0 Å². The Hall–Kier alpha value is -1.43. The van der Waals surface area contributed by atoms with Crippen LogP contribution in [0, 0.1) is 0 Å². The zero-order valence-corrected chi connectivity index (χ0v) is 10.3. The minimum Gasteiger partial charge on any atom is -0.320 e. The van der Waals surface area contributed by atoms with E-state index in [1.807, 2.05) is 13.8 Å². The highest BCUT2D eigenvalue weighted by atomic mass is 16.2. The van der Waals surface area contributed by atoms with E-state index in [1.165, 1.54) is 4.90 Å². The molecular weight excluding hydrogens is 222 g/mol. The number of imide groups is 1. The summed E-state index contributed by atoms with van der Waals surface area (Å²) in [5.74, 6) is -0.996. The van der Waals surface area contributed by atoms with Crippen LogP contribution >= 0.6 is 0 Å². The maximum Gasteiger partial charge on any atom is 0.249 e. The second-order valence-electron chi connectivity index (χ2n) is 4.03. The topological polar surface area (TPSA) is 78.5 Å². The van der Waals surface area contributed by atoms with Crippen molar-refractivity contribution in [3.05, 3.63) is 0 Å². The molecule has 0 radical (unpaired) electrons. The van der Waals surface area contributed by atoms with Crippen LogP contribution in [0.15, 0.2) is 0 Å². The Balaban J connectivity index is 2.61. The lowest BCUT2D eigenvalue weighted by Crippen LogP contribution is -2.60. The third-order valence-corrected chi connectivity index (χ3v) is 2.67. The number of hydrogen-bond donors (Lipinski definition) is 2. The Bertz CT molecular complexity index is 317. The molecule has 0 aromatic rings. The zero-order valence-electron chi connectivity index (χ0n) is 10.3. The van der Waals surface area contributed by atoms with Gasteiger partial charge in [-0.15, -0.1) is 0 Å². The first kappa shape index (κ1) is 13.6. The van der Waals surface area contributed by atoms with Crippen molar-refractivity contribution < 1.29 is 14.4 Å². The molecule has 96 valence electrons. The standard InChI is InChI=1S/C11H19N3O3/c1-3-5-12-6-10(16)14-7-9(15)13-11(17)8(14)4-2/h8,12H,3-7H2,1-2H3,(H,13,15,17). The average molecular weight is 241 g/mol. The Morgan fingerprint density at radius 1 is 1.47 bits per heavy atom. The lowest BCUT2D eigenvalue weighted by atomic mass is 10.1. The van der Waals surface area contributed by atoms with E-state index in [1.54, 1.807) is 0 Å². The van der Waals surface area contributed by atoms with Crippen LogP contribution in [-0.4, -0.2) is 48.3 Å². The molecular formula is C11H19N3O3. The molecule has 0 aliphatic carbocycles. The summed E-state index contributed by atoms with van der Waals surface area (Å²) < 4.78 is 0. The van der Waals surface area contributed by atoms with Crippen LogP contribution < -0.4 is 10.6 Å². The molecule has 1 fully saturated rings. The number of nitrogens with one attached hydrogen (secondary N) is 2. The molecule has 1 unspecified atom stereocenters. The summed E-state index contributed by atoms with van der Waals surface area (Å²) in [7, 11) is 0. The molecule has 1 rings (SSSR count). The molecule has 17 heavy (non-hydrogen) atoms. The maximum atomic E-state index is 11.9. The molecule has 6 heteroatoms. The second-order valence-corrected chi connectivity index (χ2v) is 4.03. The molecule has 6 nitrogen and oxygen atoms in total. The van der Waals surface area contributed by atoms with Crippen LogP contribution in [-0.2, 0) is 14.4 Å². The van der Waals surface area contributed by atoms with Gasteiger partial charge in [0.2, 0.25) is 17.7 Å². The lowest BCUT2D eigenvalue weighted by molar-refractivity contribution is -0.149. The molecule has 1 aliphatic rings. The van der Waals surface area contributed by atoms with E-state index in [0.717, 1.165) is 13.0 Å². The largest absolute Gasteiger partial charge is 0.320 e. The van der Waals surface area contributed by atoms with Crippen LogP contribution in [0.3, 0.4) is 0 Å². The van der Waals surface area contributed by atoms with Crippen molar-refractivity contribution in [2.75, 3.05) is 19.6 Å². The van der Waals surface area contributed by atoms with Crippen LogP contribution in [0.4, 0.5) is 0 Å². The predicted octanol–water partition coefficient (Wildman–Crippen LogP) is -0.750. The van der Waals surface area contributed by atoms with Gasteiger partial charge in [0.05, 0.1) is 6.54 Å². The third kappa shape index (κ3) is 3.52. The van der Waals surface area contributed by atoms with E-state index in [-0.39, 0.29) is 24.9 Å². The summed E-state index contributed by atoms with van der Waals surface area (Å²) in [6, 6.07) is -0.524. The molecule has 3 amide bonds. The highest BCUT2D eigenvalue weighted by Gasteiger charge is 2.34. The van der Waals surface area contributed by atoms with Crippen molar-refractivity contribution in [2.24, 2.45) is 0 Å². The van der Waals surface area contributed by atoms with Crippen molar-refractivity contribution in [3.8, 4) is 0 Å². The number of carbonyl (C=O) groups excluding carboxylic acids is 3. The van der Waals surface area contributed by atoms with Gasteiger partial charge in [0.1, 0.15) is 12.6 Å². The Morgan fingerprint density at radius 2 is 2.18 bits per heavy atom. The Kier molecular flexibility index (Phi) is 5.09. The fourth-order valence-corrected chi connectivity index (χ4v) is 1.81. The number of piperazine rings is 1. The maximum absolute atomic E-state index is 11.9. The van der Waals surface area contributed by atoms with Crippen molar-refractivity contribution in [1.82, 2.24) is 15.5 Å². The fourth-order valence-electron chi connectivity index (χ4n) is 1.81. The average Bonchev–Trinajstić information content (AvgIpc) is 2.28. The molecule has 0 bridgehead atoms. The van der Waals surface area contributed by atoms with Crippen molar-refractivity contribution in [1.29, 1.82) is 0 Å². The lowest BCUT2D eigenvalue weighted by Gasteiger charge is -2.33. The first-order valence-corrected chi connectivity index (χ1v) is 5.94. The first-order chi connectivity index (χ1) is 8.10. The van der Waals surface area contributed by atoms with E-state index in [0.29, 0.717) is 6.42 Å². The van der Waals surface area contributed by atoms with E-state index in [4.69, 9.17) is 0 Å². The van der Waals surface area contributed by atoms with Crippen LogP contribution in [0.25, 0.3) is 0 Å². The Morgan fingerprint density at radius 3 is 2.76 bits per heavy atom. The number of amides is 3. The predicted molar refractivity (Wildman–Crippen MR) is 62.1 cm³/mol. The van der Waals surface area contributed by atoms with E-state index < -0.39 is 11.9 Å². The summed E-state index contributed by atoms with van der Waals surface area (Å²) in [5.41, 5.74) is 0. The van der Waals surface area contributed by atoms with E-state index in [2.05, 4.69) is 10.6 Å². The van der Waals surface area contributed by atoms with Crippen molar-refractivity contribution in [3.63, 3.8) is 0 Å².